The number of rotatable bonds is 17. The fourth-order valence-corrected chi connectivity index (χ4v) is 6.97. The minimum atomic E-state index is -0.460. The zero-order chi connectivity index (χ0) is 33.5. The molecule has 0 N–H and O–H groups in total. The van der Waals surface area contributed by atoms with Crippen LogP contribution in [-0.2, 0) is 55.9 Å². The highest BCUT2D eigenvalue weighted by atomic mass is 32.2. The van der Waals surface area contributed by atoms with Crippen LogP contribution in [0, 0.1) is 0 Å². The molecule has 0 unspecified atom stereocenters. The molecule has 5 atom stereocenters. The van der Waals surface area contributed by atoms with Crippen LogP contribution in [-0.4, -0.2) is 43.6 Å². The highest BCUT2D eigenvalue weighted by Gasteiger charge is 2.48. The molecule has 6 rings (SSSR count). The normalized spacial score (nSPS) is 20.6. The molecule has 0 amide bonds. The number of methoxy groups -OCH3 is 1. The van der Waals surface area contributed by atoms with E-state index >= 15 is 0 Å². The minimum absolute atomic E-state index is 0.338. The first-order valence-electron chi connectivity index (χ1n) is 16.7. The summed E-state index contributed by atoms with van der Waals surface area (Å²) in [6.45, 7) is 2.05. The summed E-state index contributed by atoms with van der Waals surface area (Å²) in [6.07, 6.45) is -1.74. The zero-order valence-electron chi connectivity index (χ0n) is 27.8. The largest absolute Gasteiger partial charge is 0.497 e. The van der Waals surface area contributed by atoms with Gasteiger partial charge in [-0.3, -0.25) is 0 Å². The molecule has 0 aromatic heterocycles. The zero-order valence-corrected chi connectivity index (χ0v) is 28.7. The van der Waals surface area contributed by atoms with Gasteiger partial charge in [0, 0.05) is 5.75 Å². The lowest BCUT2D eigenvalue weighted by Crippen LogP contribution is -2.60. The molecule has 5 aromatic carbocycles. The van der Waals surface area contributed by atoms with Crippen molar-refractivity contribution >= 4 is 11.8 Å². The molecule has 6 nitrogen and oxygen atoms in total. The third-order valence-corrected chi connectivity index (χ3v) is 9.62. The maximum atomic E-state index is 6.96. The van der Waals surface area contributed by atoms with Gasteiger partial charge in [0.2, 0.25) is 0 Å². The van der Waals surface area contributed by atoms with Crippen molar-refractivity contribution < 1.29 is 28.4 Å². The second-order valence-electron chi connectivity index (χ2n) is 12.0. The van der Waals surface area contributed by atoms with Gasteiger partial charge in [-0.2, -0.15) is 0 Å². The third-order valence-electron chi connectivity index (χ3n) is 8.41. The smallest absolute Gasteiger partial charge is 0.133 e. The second kappa shape index (κ2) is 18.7. The number of thioether (sulfide) groups is 1. The summed E-state index contributed by atoms with van der Waals surface area (Å²) in [5.74, 6) is 1.55. The van der Waals surface area contributed by atoms with E-state index in [4.69, 9.17) is 28.4 Å². The molecular weight excluding hydrogens is 633 g/mol. The summed E-state index contributed by atoms with van der Waals surface area (Å²) in [4.78, 5) is 0. The Kier molecular flexibility index (Phi) is 13.3. The van der Waals surface area contributed by atoms with Gasteiger partial charge in [0.1, 0.15) is 35.6 Å². The standard InChI is InChI=1S/C42H44O6S/c1-43-37-24-22-36(23-25-37)31-49-42-41(47-29-35-20-12-5-13-21-35)40(46-28-34-18-10-4-11-19-34)39(45-27-33-16-8-3-9-17-33)38(48-42)30-44-26-32-14-6-2-7-15-32/h2-25,38-42H,26-31H2,1H3/t38-,39+,40+,41-,42+/m1/s1. The van der Waals surface area contributed by atoms with Gasteiger partial charge in [0.25, 0.3) is 0 Å². The summed E-state index contributed by atoms with van der Waals surface area (Å²) in [6, 6.07) is 49.0. The van der Waals surface area contributed by atoms with Crippen LogP contribution < -0.4 is 4.74 Å². The summed E-state index contributed by atoms with van der Waals surface area (Å²) in [5, 5.41) is 0. The summed E-state index contributed by atoms with van der Waals surface area (Å²) >= 11 is 1.70. The SMILES string of the molecule is COc1ccc(CS[C@@H]2O[C@H](COCc3ccccc3)[C@H](OCc3ccccc3)[C@H](OCc3ccccc3)[C@H]2OCc2ccccc2)cc1. The van der Waals surface area contributed by atoms with Gasteiger partial charge >= 0.3 is 0 Å². The molecule has 1 heterocycles. The number of hydrogen-bond donors (Lipinski definition) is 0. The molecule has 0 radical (unpaired) electrons. The van der Waals surface area contributed by atoms with Crippen LogP contribution in [0.1, 0.15) is 27.8 Å². The van der Waals surface area contributed by atoms with Crippen molar-refractivity contribution in [3.8, 4) is 5.75 Å². The molecule has 7 heteroatoms. The Balaban J connectivity index is 1.29. The van der Waals surface area contributed by atoms with Crippen LogP contribution >= 0.6 is 11.8 Å². The first-order chi connectivity index (χ1) is 24.2. The first kappa shape index (κ1) is 34.9. The molecule has 254 valence electrons. The van der Waals surface area contributed by atoms with Gasteiger partial charge in [-0.25, -0.2) is 0 Å². The Morgan fingerprint density at radius 3 is 1.43 bits per heavy atom. The van der Waals surface area contributed by atoms with E-state index in [1.54, 1.807) is 18.9 Å². The Bertz CT molecular complexity index is 1620. The van der Waals surface area contributed by atoms with E-state index in [2.05, 4.69) is 60.7 Å². The maximum absolute atomic E-state index is 6.96. The highest BCUT2D eigenvalue weighted by molar-refractivity contribution is 7.99. The molecular formula is C42H44O6S. The van der Waals surface area contributed by atoms with E-state index in [1.165, 1.54) is 0 Å². The number of benzene rings is 5. The van der Waals surface area contributed by atoms with Crippen molar-refractivity contribution in [2.24, 2.45) is 0 Å². The van der Waals surface area contributed by atoms with E-state index in [-0.39, 0.29) is 5.44 Å². The fourth-order valence-electron chi connectivity index (χ4n) is 5.78. The summed E-state index contributed by atoms with van der Waals surface area (Å²) < 4.78 is 39.1. The predicted molar refractivity (Wildman–Crippen MR) is 194 cm³/mol. The monoisotopic (exact) mass is 676 g/mol. The van der Waals surface area contributed by atoms with Crippen LogP contribution in [0.3, 0.4) is 0 Å². The Morgan fingerprint density at radius 1 is 0.490 bits per heavy atom. The van der Waals surface area contributed by atoms with Crippen LogP contribution in [0.25, 0.3) is 0 Å². The van der Waals surface area contributed by atoms with Crippen molar-refractivity contribution in [1.29, 1.82) is 0 Å². The predicted octanol–water partition coefficient (Wildman–Crippen LogP) is 8.63. The molecule has 0 bridgehead atoms. The van der Waals surface area contributed by atoms with Crippen molar-refractivity contribution in [2.45, 2.75) is 62.0 Å². The molecule has 1 fully saturated rings. The van der Waals surface area contributed by atoms with E-state index < -0.39 is 24.4 Å². The average Bonchev–Trinajstić information content (AvgIpc) is 3.17. The van der Waals surface area contributed by atoms with E-state index in [9.17, 15) is 0 Å². The van der Waals surface area contributed by atoms with Crippen molar-refractivity contribution in [3.63, 3.8) is 0 Å². The highest BCUT2D eigenvalue weighted by Crippen LogP contribution is 2.37. The topological polar surface area (TPSA) is 55.4 Å². The summed E-state index contributed by atoms with van der Waals surface area (Å²) in [5.41, 5.74) is 5.15. The quantitative estimate of drug-likeness (QED) is 0.0978. The maximum Gasteiger partial charge on any atom is 0.133 e. The van der Waals surface area contributed by atoms with Crippen molar-refractivity contribution in [3.05, 3.63) is 173 Å². The van der Waals surface area contributed by atoms with Crippen molar-refractivity contribution in [1.82, 2.24) is 0 Å². The third kappa shape index (κ3) is 10.5. The van der Waals surface area contributed by atoms with Gasteiger partial charge < -0.3 is 28.4 Å². The molecule has 0 aliphatic carbocycles. The van der Waals surface area contributed by atoms with Crippen LogP contribution in [0.15, 0.2) is 146 Å². The van der Waals surface area contributed by atoms with Gasteiger partial charge in [-0.1, -0.05) is 133 Å². The molecule has 0 spiro atoms. The van der Waals surface area contributed by atoms with Gasteiger partial charge in [-0.15, -0.1) is 11.8 Å². The lowest BCUT2D eigenvalue weighted by molar-refractivity contribution is -0.254. The van der Waals surface area contributed by atoms with E-state index in [1.807, 2.05) is 84.9 Å². The Morgan fingerprint density at radius 2 is 0.939 bits per heavy atom. The van der Waals surface area contributed by atoms with Crippen LogP contribution in [0.5, 0.6) is 5.75 Å². The molecule has 49 heavy (non-hydrogen) atoms. The lowest BCUT2D eigenvalue weighted by Gasteiger charge is -2.46. The van der Waals surface area contributed by atoms with Crippen LogP contribution in [0.2, 0.25) is 0 Å². The average molecular weight is 677 g/mol. The fraction of sp³-hybridized carbons (Fsp3) is 0.286. The van der Waals surface area contributed by atoms with Crippen molar-refractivity contribution in [2.75, 3.05) is 13.7 Å². The first-order valence-corrected chi connectivity index (χ1v) is 17.8. The molecule has 1 aliphatic rings. The van der Waals surface area contributed by atoms with Gasteiger partial charge in [-0.05, 0) is 39.9 Å². The van der Waals surface area contributed by atoms with Gasteiger partial charge in [0.05, 0.1) is 40.1 Å². The van der Waals surface area contributed by atoms with Gasteiger partial charge in [0.15, 0.2) is 0 Å². The lowest BCUT2D eigenvalue weighted by atomic mass is 9.98. The number of hydrogen-bond acceptors (Lipinski definition) is 7. The van der Waals surface area contributed by atoms with E-state index in [0.29, 0.717) is 33.0 Å². The molecule has 5 aromatic rings. The Hall–Kier alpha value is -3.95. The summed E-state index contributed by atoms with van der Waals surface area (Å²) in [7, 11) is 1.68. The van der Waals surface area contributed by atoms with Crippen LogP contribution in [0.4, 0.5) is 0 Å². The Labute approximate surface area is 294 Å². The van der Waals surface area contributed by atoms with E-state index in [0.717, 1.165) is 39.3 Å². The molecule has 1 saturated heterocycles. The molecule has 0 saturated carbocycles. The molecule has 1 aliphatic heterocycles. The minimum Gasteiger partial charge on any atom is -0.497 e. The number of ether oxygens (including phenoxy) is 6. The second-order valence-corrected chi connectivity index (χ2v) is 13.1.